The predicted molar refractivity (Wildman–Crippen MR) is 92.9 cm³/mol. The molecule has 0 saturated carbocycles. The maximum atomic E-state index is 4.80. The van der Waals surface area contributed by atoms with E-state index in [9.17, 15) is 0 Å². The summed E-state index contributed by atoms with van der Waals surface area (Å²) in [5, 5.41) is 7.04. The zero-order chi connectivity index (χ0) is 16.5. The third kappa shape index (κ3) is 6.94. The van der Waals surface area contributed by atoms with Crippen molar-refractivity contribution in [1.29, 1.82) is 0 Å². The van der Waals surface area contributed by atoms with Gasteiger partial charge < -0.3 is 10.6 Å². The Morgan fingerprint density at radius 2 is 1.43 bits per heavy atom. The molecule has 2 N–H and O–H groups in total. The lowest BCUT2D eigenvalue weighted by atomic mass is 9.90. The molecule has 1 aromatic rings. The molecule has 0 aromatic carbocycles. The van der Waals surface area contributed by atoms with Crippen LogP contribution in [0.1, 0.15) is 73.6 Å². The van der Waals surface area contributed by atoms with Crippen molar-refractivity contribution < 1.29 is 0 Å². The molecule has 21 heavy (non-hydrogen) atoms. The van der Waals surface area contributed by atoms with Gasteiger partial charge in [-0.25, -0.2) is 4.98 Å². The van der Waals surface area contributed by atoms with Gasteiger partial charge in [-0.3, -0.25) is 0 Å². The number of nitrogens with one attached hydrogen (secondary N) is 2. The van der Waals surface area contributed by atoms with Crippen LogP contribution in [0.3, 0.4) is 0 Å². The third-order valence-corrected chi connectivity index (χ3v) is 2.98. The molecule has 0 aliphatic carbocycles. The molecular weight excluding hydrogens is 258 g/mol. The molecule has 1 aromatic heterocycles. The molecule has 0 aliphatic heterocycles. The number of nitrogens with zero attached hydrogens (tertiary/aromatic N) is 1. The van der Waals surface area contributed by atoms with Gasteiger partial charge in [-0.1, -0.05) is 20.8 Å². The summed E-state index contributed by atoms with van der Waals surface area (Å²) in [5.41, 5.74) is 2.58. The molecule has 0 unspecified atom stereocenters. The van der Waals surface area contributed by atoms with Crippen LogP contribution in [0.15, 0.2) is 12.1 Å². The molecule has 1 rings (SSSR count). The highest BCUT2D eigenvalue weighted by molar-refractivity contribution is 5.43. The maximum Gasteiger partial charge on any atom is 0.126 e. The quantitative estimate of drug-likeness (QED) is 0.862. The van der Waals surface area contributed by atoms with E-state index < -0.39 is 0 Å². The van der Waals surface area contributed by atoms with Crippen molar-refractivity contribution in [2.45, 2.75) is 85.4 Å². The maximum absolute atomic E-state index is 4.80. The molecule has 3 nitrogen and oxygen atoms in total. The Morgan fingerprint density at radius 3 is 1.86 bits per heavy atom. The van der Waals surface area contributed by atoms with Crippen LogP contribution in [0.4, 0.5) is 5.82 Å². The highest BCUT2D eigenvalue weighted by Gasteiger charge is 2.19. The molecule has 0 fully saturated rings. The van der Waals surface area contributed by atoms with E-state index in [0.29, 0.717) is 0 Å². The minimum absolute atomic E-state index is 0.0121. The topological polar surface area (TPSA) is 37.0 Å². The van der Waals surface area contributed by atoms with Crippen molar-refractivity contribution in [2.75, 3.05) is 5.32 Å². The first-order chi connectivity index (χ1) is 9.26. The number of hydrogen-bond donors (Lipinski definition) is 2. The molecule has 1 heterocycles. The van der Waals surface area contributed by atoms with Crippen LogP contribution in [0, 0.1) is 0 Å². The van der Waals surface area contributed by atoms with E-state index in [4.69, 9.17) is 4.98 Å². The smallest absolute Gasteiger partial charge is 0.126 e. The van der Waals surface area contributed by atoms with Gasteiger partial charge in [0.05, 0.1) is 0 Å². The van der Waals surface area contributed by atoms with Crippen molar-refractivity contribution in [2.24, 2.45) is 0 Å². The lowest BCUT2D eigenvalue weighted by Gasteiger charge is -2.26. The van der Waals surface area contributed by atoms with Crippen molar-refractivity contribution in [1.82, 2.24) is 10.3 Å². The molecule has 0 radical (unpaired) electrons. The van der Waals surface area contributed by atoms with Crippen LogP contribution in [0.2, 0.25) is 0 Å². The lowest BCUT2D eigenvalue weighted by molar-refractivity contribution is 0.423. The predicted octanol–water partition coefficient (Wildman–Crippen LogP) is 4.48. The Hall–Kier alpha value is -1.09. The van der Waals surface area contributed by atoms with Gasteiger partial charge in [-0.05, 0) is 59.2 Å². The largest absolute Gasteiger partial charge is 0.365 e. The van der Waals surface area contributed by atoms with Crippen molar-refractivity contribution >= 4 is 5.82 Å². The van der Waals surface area contributed by atoms with Crippen LogP contribution in [-0.4, -0.2) is 16.1 Å². The lowest BCUT2D eigenvalue weighted by Crippen LogP contribution is -2.35. The summed E-state index contributed by atoms with van der Waals surface area (Å²) in [7, 11) is 0. The minimum Gasteiger partial charge on any atom is -0.365 e. The Bertz CT molecular complexity index is 471. The van der Waals surface area contributed by atoms with Crippen LogP contribution < -0.4 is 10.6 Å². The Kier molecular flexibility index (Phi) is 5.09. The van der Waals surface area contributed by atoms with Crippen LogP contribution in [-0.2, 0) is 12.0 Å². The summed E-state index contributed by atoms with van der Waals surface area (Å²) in [4.78, 5) is 4.80. The summed E-state index contributed by atoms with van der Waals surface area (Å²) in [5.74, 6) is 0.959. The molecule has 0 amide bonds. The number of anilines is 1. The van der Waals surface area contributed by atoms with Gasteiger partial charge in [0, 0.05) is 28.7 Å². The number of aromatic nitrogens is 1. The molecule has 120 valence electrons. The number of rotatable bonds is 3. The van der Waals surface area contributed by atoms with Crippen LogP contribution in [0.25, 0.3) is 0 Å². The Balaban J connectivity index is 3.10. The molecule has 0 aliphatic rings. The molecule has 3 heteroatoms. The highest BCUT2D eigenvalue weighted by Crippen LogP contribution is 2.25. The van der Waals surface area contributed by atoms with Crippen molar-refractivity contribution in [3.8, 4) is 0 Å². The van der Waals surface area contributed by atoms with E-state index in [1.807, 2.05) is 0 Å². The first-order valence-corrected chi connectivity index (χ1v) is 7.81. The first-order valence-electron chi connectivity index (χ1n) is 7.81. The van der Waals surface area contributed by atoms with Gasteiger partial charge in [-0.15, -0.1) is 0 Å². The van der Waals surface area contributed by atoms with E-state index >= 15 is 0 Å². The Morgan fingerprint density at radius 1 is 0.857 bits per heavy atom. The molecule has 0 atom stereocenters. The molecule has 0 saturated heterocycles. The van der Waals surface area contributed by atoms with Gasteiger partial charge in [-0.2, -0.15) is 0 Å². The van der Waals surface area contributed by atoms with E-state index in [1.165, 1.54) is 5.56 Å². The summed E-state index contributed by atoms with van der Waals surface area (Å²) >= 11 is 0. The summed E-state index contributed by atoms with van der Waals surface area (Å²) in [6.45, 7) is 20.5. The summed E-state index contributed by atoms with van der Waals surface area (Å²) < 4.78 is 0. The average Bonchev–Trinajstić information content (AvgIpc) is 2.21. The normalized spacial score (nSPS) is 13.4. The summed E-state index contributed by atoms with van der Waals surface area (Å²) in [6, 6.07) is 4.37. The van der Waals surface area contributed by atoms with E-state index in [0.717, 1.165) is 18.1 Å². The first kappa shape index (κ1) is 18.0. The fourth-order valence-corrected chi connectivity index (χ4v) is 1.89. The molecular formula is C18H33N3. The van der Waals surface area contributed by atoms with Crippen LogP contribution >= 0.6 is 0 Å². The fourth-order valence-electron chi connectivity index (χ4n) is 1.89. The van der Waals surface area contributed by atoms with Gasteiger partial charge in [0.2, 0.25) is 0 Å². The van der Waals surface area contributed by atoms with Crippen molar-refractivity contribution in [3.05, 3.63) is 23.4 Å². The van der Waals surface area contributed by atoms with E-state index in [2.05, 4.69) is 85.1 Å². The SMILES string of the molecule is CC(C)(C)NCc1cc(NC(C)(C)C)nc(C(C)(C)C)c1. The second-order valence-electron chi connectivity index (χ2n) is 8.97. The zero-order valence-corrected chi connectivity index (χ0v) is 15.3. The second kappa shape index (κ2) is 5.96. The monoisotopic (exact) mass is 291 g/mol. The van der Waals surface area contributed by atoms with Gasteiger partial charge in [0.15, 0.2) is 0 Å². The fraction of sp³-hybridized carbons (Fsp3) is 0.722. The van der Waals surface area contributed by atoms with Gasteiger partial charge in [0.25, 0.3) is 0 Å². The Labute approximate surface area is 130 Å². The van der Waals surface area contributed by atoms with Gasteiger partial charge in [0.1, 0.15) is 5.82 Å². The number of hydrogen-bond acceptors (Lipinski definition) is 3. The second-order valence-corrected chi connectivity index (χ2v) is 8.97. The third-order valence-electron chi connectivity index (χ3n) is 2.98. The van der Waals surface area contributed by atoms with Crippen molar-refractivity contribution in [3.63, 3.8) is 0 Å². The standard InChI is InChI=1S/C18H33N3/c1-16(2,3)14-10-13(12-19-17(4,5)6)11-15(20-14)21-18(7,8)9/h10-11,19H,12H2,1-9H3,(H,20,21). The number of pyridine rings is 1. The van der Waals surface area contributed by atoms with Crippen LogP contribution in [0.5, 0.6) is 0 Å². The van der Waals surface area contributed by atoms with Gasteiger partial charge >= 0.3 is 0 Å². The van der Waals surface area contributed by atoms with E-state index in [1.54, 1.807) is 0 Å². The zero-order valence-electron chi connectivity index (χ0n) is 15.3. The molecule has 0 spiro atoms. The van der Waals surface area contributed by atoms with E-state index in [-0.39, 0.29) is 16.5 Å². The molecule has 0 bridgehead atoms. The highest BCUT2D eigenvalue weighted by atomic mass is 15.0. The average molecular weight is 291 g/mol. The minimum atomic E-state index is 0.0121. The summed E-state index contributed by atoms with van der Waals surface area (Å²) in [6.07, 6.45) is 0.